The van der Waals surface area contributed by atoms with Crippen LogP contribution in [0.15, 0.2) is 6.07 Å². The lowest BCUT2D eigenvalue weighted by atomic mass is 10.2. The van der Waals surface area contributed by atoms with Gasteiger partial charge < -0.3 is 0 Å². The molecule has 0 N–H and O–H groups in total. The topological polar surface area (TPSA) is 25.8 Å². The molecule has 0 atom stereocenters. The number of nitrogens with zero attached hydrogens (tertiary/aromatic N) is 2. The summed E-state index contributed by atoms with van der Waals surface area (Å²) in [6, 6.07) is 1.75. The zero-order valence-corrected chi connectivity index (χ0v) is 7.65. The first kappa shape index (κ1) is 8.75. The average molecular weight is 191 g/mol. The summed E-state index contributed by atoms with van der Waals surface area (Å²) >= 11 is 11.4. The molecule has 0 aliphatic rings. The van der Waals surface area contributed by atoms with Crippen LogP contribution in [0.5, 0.6) is 0 Å². The van der Waals surface area contributed by atoms with E-state index in [1.165, 1.54) is 0 Å². The third kappa shape index (κ3) is 2.31. The first-order valence-electron chi connectivity index (χ1n) is 3.41. The minimum absolute atomic E-state index is 0.401. The van der Waals surface area contributed by atoms with E-state index in [1.807, 2.05) is 0 Å². The van der Waals surface area contributed by atoms with Gasteiger partial charge in [-0.05, 0) is 18.1 Å². The SMILES string of the molecule is CCCc1cc(Cl)nnc1Cl. The minimum Gasteiger partial charge on any atom is -0.137 e. The van der Waals surface area contributed by atoms with Gasteiger partial charge in [0.1, 0.15) is 0 Å². The minimum atomic E-state index is 0.401. The molecular weight excluding hydrogens is 183 g/mol. The van der Waals surface area contributed by atoms with Crippen LogP contribution in [0.4, 0.5) is 0 Å². The van der Waals surface area contributed by atoms with E-state index in [0.717, 1.165) is 18.4 Å². The molecule has 0 aliphatic heterocycles. The van der Waals surface area contributed by atoms with Crippen LogP contribution in [0, 0.1) is 0 Å². The Bertz CT molecular complexity index is 250. The summed E-state index contributed by atoms with van der Waals surface area (Å²) in [6.45, 7) is 2.07. The molecule has 60 valence electrons. The van der Waals surface area contributed by atoms with E-state index in [-0.39, 0.29) is 0 Å². The van der Waals surface area contributed by atoms with E-state index >= 15 is 0 Å². The molecule has 0 saturated carbocycles. The monoisotopic (exact) mass is 190 g/mol. The fraction of sp³-hybridized carbons (Fsp3) is 0.429. The Hall–Kier alpha value is -0.340. The van der Waals surface area contributed by atoms with Crippen LogP contribution in [0.25, 0.3) is 0 Å². The van der Waals surface area contributed by atoms with Gasteiger partial charge in [0, 0.05) is 0 Å². The van der Waals surface area contributed by atoms with Crippen molar-refractivity contribution < 1.29 is 0 Å². The van der Waals surface area contributed by atoms with Gasteiger partial charge in [0.2, 0.25) is 0 Å². The van der Waals surface area contributed by atoms with E-state index < -0.39 is 0 Å². The fourth-order valence-corrected chi connectivity index (χ4v) is 1.19. The molecule has 0 aromatic carbocycles. The highest BCUT2D eigenvalue weighted by atomic mass is 35.5. The zero-order valence-electron chi connectivity index (χ0n) is 6.14. The molecule has 0 aliphatic carbocycles. The van der Waals surface area contributed by atoms with E-state index in [0.29, 0.717) is 10.3 Å². The summed E-state index contributed by atoms with van der Waals surface area (Å²) in [7, 11) is 0. The lowest BCUT2D eigenvalue weighted by Gasteiger charge is -1.99. The number of rotatable bonds is 2. The summed E-state index contributed by atoms with van der Waals surface area (Å²) in [5.41, 5.74) is 0.967. The Morgan fingerprint density at radius 1 is 1.36 bits per heavy atom. The Morgan fingerprint density at radius 3 is 2.73 bits per heavy atom. The lowest BCUT2D eigenvalue weighted by Crippen LogP contribution is -1.91. The lowest BCUT2D eigenvalue weighted by molar-refractivity contribution is 0.893. The van der Waals surface area contributed by atoms with Crippen molar-refractivity contribution in [2.75, 3.05) is 0 Å². The molecule has 0 fully saturated rings. The van der Waals surface area contributed by atoms with Crippen LogP contribution in [-0.2, 0) is 6.42 Å². The van der Waals surface area contributed by atoms with Crippen LogP contribution < -0.4 is 0 Å². The second kappa shape index (κ2) is 3.88. The zero-order chi connectivity index (χ0) is 8.27. The van der Waals surface area contributed by atoms with E-state index in [9.17, 15) is 0 Å². The first-order chi connectivity index (χ1) is 5.24. The quantitative estimate of drug-likeness (QED) is 0.718. The molecule has 2 nitrogen and oxygen atoms in total. The van der Waals surface area contributed by atoms with Crippen molar-refractivity contribution in [3.63, 3.8) is 0 Å². The smallest absolute Gasteiger partial charge is 0.137 e. The molecule has 0 saturated heterocycles. The van der Waals surface area contributed by atoms with Crippen LogP contribution in [0.2, 0.25) is 10.3 Å². The van der Waals surface area contributed by atoms with Crippen molar-refractivity contribution in [2.45, 2.75) is 19.8 Å². The molecule has 0 amide bonds. The number of hydrogen-bond donors (Lipinski definition) is 0. The van der Waals surface area contributed by atoms with Crippen molar-refractivity contribution in [1.82, 2.24) is 10.2 Å². The molecule has 0 radical (unpaired) electrons. The summed E-state index contributed by atoms with van der Waals surface area (Å²) in [5.74, 6) is 0. The number of hydrogen-bond acceptors (Lipinski definition) is 2. The molecular formula is C7H8Cl2N2. The van der Waals surface area contributed by atoms with E-state index in [1.54, 1.807) is 6.07 Å². The highest BCUT2D eigenvalue weighted by Crippen LogP contribution is 2.16. The maximum atomic E-state index is 5.74. The molecule has 1 heterocycles. The first-order valence-corrected chi connectivity index (χ1v) is 4.17. The van der Waals surface area contributed by atoms with Gasteiger partial charge in [0.15, 0.2) is 10.3 Å². The van der Waals surface area contributed by atoms with Crippen molar-refractivity contribution in [1.29, 1.82) is 0 Å². The van der Waals surface area contributed by atoms with Crippen molar-refractivity contribution in [3.8, 4) is 0 Å². The van der Waals surface area contributed by atoms with Crippen LogP contribution in [0.3, 0.4) is 0 Å². The predicted octanol–water partition coefficient (Wildman–Crippen LogP) is 2.74. The second-order valence-corrected chi connectivity index (χ2v) is 2.98. The maximum Gasteiger partial charge on any atom is 0.155 e. The molecule has 11 heavy (non-hydrogen) atoms. The van der Waals surface area contributed by atoms with E-state index in [4.69, 9.17) is 23.2 Å². The van der Waals surface area contributed by atoms with Crippen LogP contribution in [-0.4, -0.2) is 10.2 Å². The van der Waals surface area contributed by atoms with Crippen LogP contribution in [0.1, 0.15) is 18.9 Å². The van der Waals surface area contributed by atoms with Crippen molar-refractivity contribution >= 4 is 23.2 Å². The molecule has 0 spiro atoms. The molecule has 0 unspecified atom stereocenters. The predicted molar refractivity (Wildman–Crippen MR) is 46.0 cm³/mol. The summed E-state index contributed by atoms with van der Waals surface area (Å²) < 4.78 is 0. The third-order valence-electron chi connectivity index (χ3n) is 1.31. The Kier molecular flexibility index (Phi) is 3.09. The average Bonchev–Trinajstić information content (AvgIpc) is 1.98. The molecule has 1 rings (SSSR count). The van der Waals surface area contributed by atoms with Crippen LogP contribution >= 0.6 is 23.2 Å². The van der Waals surface area contributed by atoms with Gasteiger partial charge in [-0.25, -0.2) is 0 Å². The van der Waals surface area contributed by atoms with Gasteiger partial charge in [-0.2, -0.15) is 0 Å². The van der Waals surface area contributed by atoms with Crippen molar-refractivity contribution in [3.05, 3.63) is 21.9 Å². The Morgan fingerprint density at radius 2 is 2.09 bits per heavy atom. The molecule has 0 bridgehead atoms. The standard InChI is InChI=1S/C7H8Cl2N2/c1-2-3-5-4-6(8)10-11-7(5)9/h4H,2-3H2,1H3. The van der Waals surface area contributed by atoms with Gasteiger partial charge >= 0.3 is 0 Å². The third-order valence-corrected chi connectivity index (χ3v) is 1.81. The Balaban J connectivity index is 2.93. The highest BCUT2D eigenvalue weighted by molar-refractivity contribution is 6.31. The maximum absolute atomic E-state index is 5.74. The number of halogens is 2. The fourth-order valence-electron chi connectivity index (χ4n) is 0.833. The van der Waals surface area contributed by atoms with Crippen molar-refractivity contribution in [2.24, 2.45) is 0 Å². The van der Waals surface area contributed by atoms with Gasteiger partial charge in [0.05, 0.1) is 0 Å². The van der Waals surface area contributed by atoms with Gasteiger partial charge in [-0.3, -0.25) is 0 Å². The summed E-state index contributed by atoms with van der Waals surface area (Å²) in [6.07, 6.45) is 1.93. The Labute approximate surface area is 75.5 Å². The van der Waals surface area contributed by atoms with Gasteiger partial charge in [-0.15, -0.1) is 10.2 Å². The van der Waals surface area contributed by atoms with Gasteiger partial charge in [0.25, 0.3) is 0 Å². The molecule has 1 aromatic rings. The number of aromatic nitrogens is 2. The largest absolute Gasteiger partial charge is 0.155 e. The number of aryl methyl sites for hydroxylation is 1. The summed E-state index contributed by atoms with van der Waals surface area (Å²) in [4.78, 5) is 0. The molecule has 4 heteroatoms. The summed E-state index contributed by atoms with van der Waals surface area (Å²) in [5, 5.41) is 8.14. The normalized spacial score (nSPS) is 10.1. The second-order valence-electron chi connectivity index (χ2n) is 2.23. The van der Waals surface area contributed by atoms with Gasteiger partial charge in [-0.1, -0.05) is 36.5 Å². The van der Waals surface area contributed by atoms with E-state index in [2.05, 4.69) is 17.1 Å². The molecule has 1 aromatic heterocycles. The highest BCUT2D eigenvalue weighted by Gasteiger charge is 2.01.